The summed E-state index contributed by atoms with van der Waals surface area (Å²) in [4.78, 5) is 43.4. The number of aromatic nitrogens is 2. The number of nitrogens with zero attached hydrogens (tertiary/aromatic N) is 3. The van der Waals surface area contributed by atoms with Crippen LogP contribution in [0.5, 0.6) is 5.75 Å². The third kappa shape index (κ3) is 4.54. The van der Waals surface area contributed by atoms with E-state index in [0.29, 0.717) is 38.5 Å². The number of anilines is 1. The summed E-state index contributed by atoms with van der Waals surface area (Å²) in [6.45, 7) is 3.18. The van der Waals surface area contributed by atoms with Crippen molar-refractivity contribution in [2.24, 2.45) is 0 Å². The first-order valence-electron chi connectivity index (χ1n) is 10.3. The summed E-state index contributed by atoms with van der Waals surface area (Å²) in [6, 6.07) is 4.41. The van der Waals surface area contributed by atoms with Crippen molar-refractivity contribution in [2.45, 2.75) is 25.4 Å². The molecule has 2 aliphatic rings. The molecule has 0 amide bonds. The van der Waals surface area contributed by atoms with Gasteiger partial charge >= 0.3 is 5.69 Å². The molecule has 1 aliphatic carbocycles. The third-order valence-electron chi connectivity index (χ3n) is 5.84. The second-order valence-corrected chi connectivity index (χ2v) is 8.05. The molecule has 1 aromatic heterocycles. The minimum atomic E-state index is -0.735. The van der Waals surface area contributed by atoms with Crippen molar-refractivity contribution >= 4 is 11.6 Å². The Kier molecular flexibility index (Phi) is 5.92. The quantitative estimate of drug-likeness (QED) is 0.617. The molecule has 9 nitrogen and oxygen atoms in total. The number of aromatic amines is 1. The number of methoxy groups -OCH3 is 1. The molecule has 4 rings (SSSR count). The molecule has 0 spiro atoms. The standard InChI is InChI=1S/C21H26FN5O4/c1-31-17-5-2-14(22)10-13(17)11-25-6-8-26(9-7-25)12-16(28)18-19(23)27(15-3-4-15)21(30)24-20(18)29/h2,5,10,15H,3-4,6-9,11-12,23H2,1H3,(H,24,29,30). The minimum absolute atomic E-state index is 0.0424. The van der Waals surface area contributed by atoms with E-state index in [1.54, 1.807) is 13.2 Å². The van der Waals surface area contributed by atoms with Crippen LogP contribution >= 0.6 is 0 Å². The third-order valence-corrected chi connectivity index (χ3v) is 5.84. The molecule has 0 radical (unpaired) electrons. The monoisotopic (exact) mass is 431 g/mol. The number of carbonyl (C=O) groups excluding carboxylic acids is 1. The predicted octanol–water partition coefficient (Wildman–Crippen LogP) is 0.602. The van der Waals surface area contributed by atoms with Crippen LogP contribution in [0.25, 0.3) is 0 Å². The van der Waals surface area contributed by atoms with Crippen LogP contribution in [-0.4, -0.2) is 65.0 Å². The molecule has 31 heavy (non-hydrogen) atoms. The molecule has 0 atom stereocenters. The van der Waals surface area contributed by atoms with Gasteiger partial charge in [-0.25, -0.2) is 9.18 Å². The highest BCUT2D eigenvalue weighted by molar-refractivity contribution is 6.01. The largest absolute Gasteiger partial charge is 0.496 e. The fourth-order valence-electron chi connectivity index (χ4n) is 4.03. The lowest BCUT2D eigenvalue weighted by atomic mass is 10.1. The van der Waals surface area contributed by atoms with Gasteiger partial charge in [0.05, 0.1) is 13.7 Å². The maximum absolute atomic E-state index is 13.6. The highest BCUT2D eigenvalue weighted by Gasteiger charge is 2.30. The number of halogens is 1. The molecular formula is C21H26FN5O4. The van der Waals surface area contributed by atoms with E-state index in [2.05, 4.69) is 9.88 Å². The second kappa shape index (κ2) is 8.64. The van der Waals surface area contributed by atoms with Gasteiger partial charge in [-0.3, -0.25) is 28.9 Å². The Morgan fingerprint density at radius 2 is 1.87 bits per heavy atom. The zero-order valence-electron chi connectivity index (χ0n) is 17.4. The van der Waals surface area contributed by atoms with Gasteiger partial charge in [0, 0.05) is 44.3 Å². The molecule has 2 fully saturated rings. The van der Waals surface area contributed by atoms with E-state index >= 15 is 0 Å². The molecule has 2 aromatic rings. The molecule has 3 N–H and O–H groups in total. The number of nitrogens with two attached hydrogens (primary N) is 1. The molecular weight excluding hydrogens is 405 g/mol. The van der Waals surface area contributed by atoms with Crippen LogP contribution in [0.1, 0.15) is 34.8 Å². The Morgan fingerprint density at radius 1 is 1.19 bits per heavy atom. The number of benzene rings is 1. The normalized spacial score (nSPS) is 17.6. The maximum Gasteiger partial charge on any atom is 0.330 e. The molecule has 1 saturated heterocycles. The highest BCUT2D eigenvalue weighted by Crippen LogP contribution is 2.35. The number of nitrogen functional groups attached to an aromatic ring is 1. The van der Waals surface area contributed by atoms with Gasteiger partial charge in [-0.1, -0.05) is 0 Å². The lowest BCUT2D eigenvalue weighted by Crippen LogP contribution is -2.48. The van der Waals surface area contributed by atoms with Crippen LogP contribution in [-0.2, 0) is 6.54 Å². The van der Waals surface area contributed by atoms with E-state index in [0.717, 1.165) is 18.4 Å². The maximum atomic E-state index is 13.6. The first kappa shape index (κ1) is 21.3. The average Bonchev–Trinajstić information content (AvgIpc) is 3.54. The predicted molar refractivity (Wildman–Crippen MR) is 113 cm³/mol. The van der Waals surface area contributed by atoms with Gasteiger partial charge in [0.15, 0.2) is 5.78 Å². The zero-order valence-corrected chi connectivity index (χ0v) is 17.4. The lowest BCUT2D eigenvalue weighted by Gasteiger charge is -2.34. The molecule has 10 heteroatoms. The summed E-state index contributed by atoms with van der Waals surface area (Å²) in [5.74, 6) is -0.110. The molecule has 1 aliphatic heterocycles. The van der Waals surface area contributed by atoms with Crippen LogP contribution in [0, 0.1) is 5.82 Å². The van der Waals surface area contributed by atoms with Gasteiger partial charge < -0.3 is 10.5 Å². The van der Waals surface area contributed by atoms with Gasteiger partial charge in [-0.2, -0.15) is 0 Å². The Hall–Kier alpha value is -2.98. The molecule has 0 unspecified atom stereocenters. The molecule has 0 bridgehead atoms. The van der Waals surface area contributed by atoms with Gasteiger partial charge in [-0.15, -0.1) is 0 Å². The van der Waals surface area contributed by atoms with E-state index < -0.39 is 17.0 Å². The van der Waals surface area contributed by atoms with Crippen LogP contribution in [0.3, 0.4) is 0 Å². The number of H-pyrrole nitrogens is 1. The summed E-state index contributed by atoms with van der Waals surface area (Å²) >= 11 is 0. The van der Waals surface area contributed by atoms with Crippen molar-refractivity contribution in [1.82, 2.24) is 19.4 Å². The van der Waals surface area contributed by atoms with Crippen LogP contribution in [0.4, 0.5) is 10.2 Å². The van der Waals surface area contributed by atoms with E-state index in [1.807, 2.05) is 4.90 Å². The van der Waals surface area contributed by atoms with Crippen molar-refractivity contribution in [3.8, 4) is 5.75 Å². The van der Waals surface area contributed by atoms with Gasteiger partial charge in [0.25, 0.3) is 5.56 Å². The van der Waals surface area contributed by atoms with Crippen LogP contribution in [0.15, 0.2) is 27.8 Å². The van der Waals surface area contributed by atoms with E-state index in [1.165, 1.54) is 16.7 Å². The zero-order chi connectivity index (χ0) is 22.1. The highest BCUT2D eigenvalue weighted by atomic mass is 19.1. The minimum Gasteiger partial charge on any atom is -0.496 e. The van der Waals surface area contributed by atoms with Gasteiger partial charge in [0.1, 0.15) is 22.9 Å². The summed E-state index contributed by atoms with van der Waals surface area (Å²) in [6.07, 6.45) is 1.61. The number of hydrogen-bond acceptors (Lipinski definition) is 7. The second-order valence-electron chi connectivity index (χ2n) is 8.05. The lowest BCUT2D eigenvalue weighted by molar-refractivity contribution is 0.0841. The average molecular weight is 431 g/mol. The van der Waals surface area contributed by atoms with Crippen LogP contribution in [0.2, 0.25) is 0 Å². The Morgan fingerprint density at radius 3 is 2.52 bits per heavy atom. The fourth-order valence-corrected chi connectivity index (χ4v) is 4.03. The van der Waals surface area contributed by atoms with Crippen molar-refractivity contribution in [2.75, 3.05) is 45.6 Å². The van der Waals surface area contributed by atoms with Crippen molar-refractivity contribution in [1.29, 1.82) is 0 Å². The van der Waals surface area contributed by atoms with E-state index in [-0.39, 0.29) is 29.8 Å². The summed E-state index contributed by atoms with van der Waals surface area (Å²) in [5, 5.41) is 0. The topological polar surface area (TPSA) is 114 Å². The van der Waals surface area contributed by atoms with Gasteiger partial charge in [0.2, 0.25) is 0 Å². The molecule has 2 heterocycles. The molecule has 1 saturated carbocycles. The smallest absolute Gasteiger partial charge is 0.330 e. The Labute approximate surface area is 178 Å². The van der Waals surface area contributed by atoms with E-state index in [4.69, 9.17) is 10.5 Å². The Balaban J connectivity index is 1.39. The number of carbonyl (C=O) groups is 1. The summed E-state index contributed by atoms with van der Waals surface area (Å²) in [7, 11) is 1.56. The summed E-state index contributed by atoms with van der Waals surface area (Å²) in [5.41, 5.74) is 5.36. The van der Waals surface area contributed by atoms with E-state index in [9.17, 15) is 18.8 Å². The summed E-state index contributed by atoms with van der Waals surface area (Å²) < 4.78 is 20.2. The fraction of sp³-hybridized carbons (Fsp3) is 0.476. The molecule has 166 valence electrons. The number of ketones is 1. The number of piperazine rings is 1. The number of hydrogen-bond donors (Lipinski definition) is 2. The van der Waals surface area contributed by atoms with Crippen LogP contribution < -0.4 is 21.7 Å². The first-order chi connectivity index (χ1) is 14.9. The Bertz CT molecular complexity index is 1100. The SMILES string of the molecule is COc1ccc(F)cc1CN1CCN(CC(=O)c2c(N)n(C3CC3)c(=O)[nH]c2=O)CC1. The number of nitrogens with one attached hydrogen (secondary N) is 1. The number of ether oxygens (including phenoxy) is 1. The van der Waals surface area contributed by atoms with Crippen molar-refractivity contribution in [3.05, 3.63) is 56.0 Å². The number of Topliss-reactive ketones (excluding diaryl/α,β-unsaturated/α-hetero) is 1. The van der Waals surface area contributed by atoms with Crippen molar-refractivity contribution < 1.29 is 13.9 Å². The van der Waals surface area contributed by atoms with Crippen molar-refractivity contribution in [3.63, 3.8) is 0 Å². The van der Waals surface area contributed by atoms with Gasteiger partial charge in [-0.05, 0) is 31.0 Å². The first-order valence-corrected chi connectivity index (χ1v) is 10.3. The molecule has 1 aromatic carbocycles. The number of rotatable bonds is 7.